The van der Waals surface area contributed by atoms with Crippen LogP contribution in [0.25, 0.3) is 0 Å². The molecule has 0 spiro atoms. The van der Waals surface area contributed by atoms with Gasteiger partial charge in [0.15, 0.2) is 13.2 Å². The molecule has 0 heterocycles. The van der Waals surface area contributed by atoms with E-state index in [1.807, 2.05) is 32.0 Å². The number of aryl methyl sites for hydroxylation is 2. The first kappa shape index (κ1) is 16.5. The zero-order chi connectivity index (χ0) is 16.7. The fourth-order valence-electron chi connectivity index (χ4n) is 2.00. The number of benzene rings is 2. The predicted molar refractivity (Wildman–Crippen MR) is 87.4 cm³/mol. The summed E-state index contributed by atoms with van der Waals surface area (Å²) in [6.45, 7) is 3.31. The maximum atomic E-state index is 11.7. The molecule has 0 unspecified atom stereocenters. The van der Waals surface area contributed by atoms with Gasteiger partial charge < -0.3 is 14.8 Å². The van der Waals surface area contributed by atoms with Gasteiger partial charge in [-0.3, -0.25) is 4.79 Å². The number of hydrogen-bond acceptors (Lipinski definition) is 4. The van der Waals surface area contributed by atoms with Crippen molar-refractivity contribution in [3.63, 3.8) is 0 Å². The quantitative estimate of drug-likeness (QED) is 0.833. The van der Waals surface area contributed by atoms with Crippen LogP contribution in [0, 0.1) is 13.8 Å². The highest BCUT2D eigenvalue weighted by molar-refractivity contribution is 5.92. The average Bonchev–Trinajstić information content (AvgIpc) is 2.53. The van der Waals surface area contributed by atoms with E-state index in [0.717, 1.165) is 11.1 Å². The number of anilines is 1. The Bertz CT molecular complexity index is 683. The molecule has 0 radical (unpaired) electrons. The van der Waals surface area contributed by atoms with Crippen LogP contribution in [0.5, 0.6) is 5.75 Å². The molecule has 2 aromatic rings. The highest BCUT2D eigenvalue weighted by Gasteiger charge is 2.09. The zero-order valence-electron chi connectivity index (χ0n) is 13.2. The Hall–Kier alpha value is -2.82. The molecule has 5 heteroatoms. The minimum atomic E-state index is -0.590. The van der Waals surface area contributed by atoms with Crippen LogP contribution in [-0.2, 0) is 14.3 Å². The third-order valence-corrected chi connectivity index (χ3v) is 3.10. The molecule has 120 valence electrons. The number of ether oxygens (including phenoxy) is 2. The van der Waals surface area contributed by atoms with Gasteiger partial charge in [-0.1, -0.05) is 35.9 Å². The van der Waals surface area contributed by atoms with Crippen molar-refractivity contribution < 1.29 is 19.1 Å². The predicted octanol–water partition coefficient (Wildman–Crippen LogP) is 2.86. The SMILES string of the molecule is Cc1ccc(OCC(=O)OCC(=O)Nc2ccccc2)c(C)c1. The topological polar surface area (TPSA) is 64.6 Å². The fourth-order valence-corrected chi connectivity index (χ4v) is 2.00. The summed E-state index contributed by atoms with van der Waals surface area (Å²) in [6.07, 6.45) is 0. The summed E-state index contributed by atoms with van der Waals surface area (Å²) >= 11 is 0. The summed E-state index contributed by atoms with van der Waals surface area (Å²) in [5.41, 5.74) is 2.72. The Morgan fingerprint density at radius 2 is 1.74 bits per heavy atom. The van der Waals surface area contributed by atoms with Crippen LogP contribution in [0.3, 0.4) is 0 Å². The first-order valence-corrected chi connectivity index (χ1v) is 7.25. The first-order valence-electron chi connectivity index (χ1n) is 7.25. The summed E-state index contributed by atoms with van der Waals surface area (Å²) in [6, 6.07) is 14.6. The third kappa shape index (κ3) is 5.47. The summed E-state index contributed by atoms with van der Waals surface area (Å²) in [5, 5.41) is 2.63. The van der Waals surface area contributed by atoms with Crippen LogP contribution in [0.15, 0.2) is 48.5 Å². The number of para-hydroxylation sites is 1. The molecule has 2 aromatic carbocycles. The minimum absolute atomic E-state index is 0.234. The molecule has 0 bridgehead atoms. The Morgan fingerprint density at radius 3 is 2.43 bits per heavy atom. The second-order valence-electron chi connectivity index (χ2n) is 5.13. The molecule has 0 fully saturated rings. The fraction of sp³-hybridized carbons (Fsp3) is 0.222. The van der Waals surface area contributed by atoms with Crippen LogP contribution in [0.1, 0.15) is 11.1 Å². The number of nitrogens with one attached hydrogen (secondary N) is 1. The van der Waals surface area contributed by atoms with Crippen molar-refractivity contribution in [2.24, 2.45) is 0 Å². The molecule has 2 rings (SSSR count). The van der Waals surface area contributed by atoms with Crippen LogP contribution in [0.4, 0.5) is 5.69 Å². The van der Waals surface area contributed by atoms with E-state index in [0.29, 0.717) is 11.4 Å². The third-order valence-electron chi connectivity index (χ3n) is 3.10. The largest absolute Gasteiger partial charge is 0.482 e. The van der Waals surface area contributed by atoms with E-state index >= 15 is 0 Å². The summed E-state index contributed by atoms with van der Waals surface area (Å²) < 4.78 is 10.3. The van der Waals surface area contributed by atoms with Crippen LogP contribution < -0.4 is 10.1 Å². The maximum absolute atomic E-state index is 11.7. The van der Waals surface area contributed by atoms with E-state index in [1.54, 1.807) is 30.3 Å². The maximum Gasteiger partial charge on any atom is 0.344 e. The van der Waals surface area contributed by atoms with Gasteiger partial charge in [-0.05, 0) is 37.6 Å². The van der Waals surface area contributed by atoms with Crippen molar-refractivity contribution in [1.29, 1.82) is 0 Å². The van der Waals surface area contributed by atoms with Crippen LogP contribution in [0.2, 0.25) is 0 Å². The van der Waals surface area contributed by atoms with Gasteiger partial charge in [0.25, 0.3) is 5.91 Å². The molecule has 23 heavy (non-hydrogen) atoms. The molecule has 0 aliphatic heterocycles. The van der Waals surface area contributed by atoms with Gasteiger partial charge in [-0.25, -0.2) is 4.79 Å². The van der Waals surface area contributed by atoms with Crippen molar-refractivity contribution in [3.8, 4) is 5.75 Å². The molecule has 0 aromatic heterocycles. The lowest BCUT2D eigenvalue weighted by atomic mass is 10.1. The highest BCUT2D eigenvalue weighted by Crippen LogP contribution is 2.18. The normalized spacial score (nSPS) is 10.0. The zero-order valence-corrected chi connectivity index (χ0v) is 13.2. The summed E-state index contributed by atoms with van der Waals surface area (Å²) in [4.78, 5) is 23.3. The van der Waals surface area contributed by atoms with Crippen molar-refractivity contribution >= 4 is 17.6 Å². The lowest BCUT2D eigenvalue weighted by Gasteiger charge is -2.10. The first-order chi connectivity index (χ1) is 11.0. The number of rotatable bonds is 6. The number of carbonyl (C=O) groups is 2. The van der Waals surface area contributed by atoms with Gasteiger partial charge >= 0.3 is 5.97 Å². The van der Waals surface area contributed by atoms with Crippen LogP contribution >= 0.6 is 0 Å². The molecular weight excluding hydrogens is 294 g/mol. The number of amides is 1. The Kier molecular flexibility index (Phi) is 5.74. The molecule has 5 nitrogen and oxygen atoms in total. The molecular formula is C18H19NO4. The molecule has 0 saturated carbocycles. The molecule has 0 atom stereocenters. The van der Waals surface area contributed by atoms with Crippen LogP contribution in [-0.4, -0.2) is 25.1 Å². The molecule has 1 N–H and O–H groups in total. The molecule has 0 saturated heterocycles. The van der Waals surface area contributed by atoms with Gasteiger partial charge in [0.2, 0.25) is 0 Å². The van der Waals surface area contributed by atoms with Crippen molar-refractivity contribution in [3.05, 3.63) is 59.7 Å². The summed E-state index contributed by atoms with van der Waals surface area (Å²) in [7, 11) is 0. The van der Waals surface area contributed by atoms with Crippen molar-refractivity contribution in [1.82, 2.24) is 0 Å². The number of carbonyl (C=O) groups excluding carboxylic acids is 2. The Morgan fingerprint density at radius 1 is 1.00 bits per heavy atom. The van der Waals surface area contributed by atoms with E-state index in [1.165, 1.54) is 0 Å². The molecule has 1 amide bonds. The second kappa shape index (κ2) is 7.98. The minimum Gasteiger partial charge on any atom is -0.482 e. The van der Waals surface area contributed by atoms with Crippen molar-refractivity contribution in [2.75, 3.05) is 18.5 Å². The van der Waals surface area contributed by atoms with Gasteiger partial charge in [-0.15, -0.1) is 0 Å². The van der Waals surface area contributed by atoms with Gasteiger partial charge in [0, 0.05) is 5.69 Å². The van der Waals surface area contributed by atoms with E-state index in [9.17, 15) is 9.59 Å². The van der Waals surface area contributed by atoms with E-state index in [2.05, 4.69) is 5.32 Å². The number of esters is 1. The van der Waals surface area contributed by atoms with Crippen molar-refractivity contribution in [2.45, 2.75) is 13.8 Å². The smallest absolute Gasteiger partial charge is 0.344 e. The average molecular weight is 313 g/mol. The van der Waals surface area contributed by atoms with Gasteiger partial charge in [-0.2, -0.15) is 0 Å². The lowest BCUT2D eigenvalue weighted by Crippen LogP contribution is -2.23. The summed E-state index contributed by atoms with van der Waals surface area (Å²) in [5.74, 6) is -0.356. The Labute approximate surface area is 135 Å². The van der Waals surface area contributed by atoms with Gasteiger partial charge in [0.1, 0.15) is 5.75 Å². The number of hydrogen-bond donors (Lipinski definition) is 1. The lowest BCUT2D eigenvalue weighted by molar-refractivity contribution is -0.149. The Balaban J connectivity index is 1.73. The molecule has 0 aliphatic rings. The standard InChI is InChI=1S/C18H19NO4/c1-13-8-9-16(14(2)10-13)22-12-18(21)23-11-17(20)19-15-6-4-3-5-7-15/h3-10H,11-12H2,1-2H3,(H,19,20). The monoisotopic (exact) mass is 313 g/mol. The highest BCUT2D eigenvalue weighted by atomic mass is 16.6. The second-order valence-corrected chi connectivity index (χ2v) is 5.13. The van der Waals surface area contributed by atoms with E-state index in [-0.39, 0.29) is 13.2 Å². The molecule has 0 aliphatic carbocycles. The van der Waals surface area contributed by atoms with E-state index in [4.69, 9.17) is 9.47 Å². The van der Waals surface area contributed by atoms with E-state index < -0.39 is 11.9 Å². The van der Waals surface area contributed by atoms with Gasteiger partial charge in [0.05, 0.1) is 0 Å².